The molecule has 0 atom stereocenters. The highest BCUT2D eigenvalue weighted by molar-refractivity contribution is 5.97. The minimum absolute atomic E-state index is 0.110. The number of aryl methyl sites for hydroxylation is 1. The Hall–Kier alpha value is -2.09. The van der Waals surface area contributed by atoms with Gasteiger partial charge in [-0.05, 0) is 13.0 Å². The van der Waals surface area contributed by atoms with E-state index in [4.69, 9.17) is 9.78 Å². The van der Waals surface area contributed by atoms with Gasteiger partial charge in [0.05, 0.1) is 7.11 Å². The molecule has 1 aromatic heterocycles. The lowest BCUT2D eigenvalue weighted by atomic mass is 10.2. The first-order valence-corrected chi connectivity index (χ1v) is 3.81. The summed E-state index contributed by atoms with van der Waals surface area (Å²) in [6.07, 6.45) is 1.31. The van der Waals surface area contributed by atoms with E-state index < -0.39 is 5.97 Å². The number of nitriles is 1. The third kappa shape index (κ3) is 2.20. The Morgan fingerprint density at radius 2 is 2.50 bits per heavy atom. The summed E-state index contributed by atoms with van der Waals surface area (Å²) in [7, 11) is 1.21. The van der Waals surface area contributed by atoms with Crippen LogP contribution in [0, 0.1) is 18.3 Å². The molecule has 0 aliphatic heterocycles. The van der Waals surface area contributed by atoms with Crippen LogP contribution < -0.4 is 0 Å². The van der Waals surface area contributed by atoms with E-state index in [1.54, 1.807) is 19.1 Å². The molecule has 0 bridgehead atoms. The maximum atomic E-state index is 11.0. The molecule has 0 radical (unpaired) electrons. The molecule has 72 valence electrons. The summed E-state index contributed by atoms with van der Waals surface area (Å²) in [5.41, 5.74) is 0.310. The number of hydrogen-bond donors (Lipinski definition) is 0. The normalized spacial score (nSPS) is 10.8. The average molecular weight is 192 g/mol. The highest BCUT2D eigenvalue weighted by atomic mass is 16.5. The molecule has 0 saturated carbocycles. The number of carbonyl (C=O) groups excluding carboxylic acids is 1. The molecule has 0 aliphatic rings. The lowest BCUT2D eigenvalue weighted by molar-refractivity contribution is -0.135. The molecule has 0 spiro atoms. The van der Waals surface area contributed by atoms with E-state index in [9.17, 15) is 4.79 Å². The minimum Gasteiger partial charge on any atom is -0.465 e. The summed E-state index contributed by atoms with van der Waals surface area (Å²) in [4.78, 5) is 11.0. The number of ether oxygens (including phenoxy) is 1. The number of hydrogen-bond acceptors (Lipinski definition) is 5. The molecule has 0 saturated heterocycles. The van der Waals surface area contributed by atoms with Crippen LogP contribution in [0.15, 0.2) is 16.2 Å². The second-order valence-corrected chi connectivity index (χ2v) is 2.52. The molecule has 0 unspecified atom stereocenters. The van der Waals surface area contributed by atoms with Gasteiger partial charge in [-0.25, -0.2) is 4.79 Å². The summed E-state index contributed by atoms with van der Waals surface area (Å²) in [5, 5.41) is 12.2. The van der Waals surface area contributed by atoms with E-state index in [1.165, 1.54) is 13.2 Å². The Labute approximate surface area is 80.6 Å². The zero-order valence-corrected chi connectivity index (χ0v) is 7.77. The topological polar surface area (TPSA) is 76.1 Å². The van der Waals surface area contributed by atoms with Gasteiger partial charge in [0.1, 0.15) is 23.1 Å². The first-order chi connectivity index (χ1) is 6.67. The van der Waals surface area contributed by atoms with Gasteiger partial charge in [-0.2, -0.15) is 5.26 Å². The van der Waals surface area contributed by atoms with E-state index in [0.717, 1.165) is 0 Å². The zero-order chi connectivity index (χ0) is 10.6. The van der Waals surface area contributed by atoms with Gasteiger partial charge in [-0.1, -0.05) is 5.16 Å². The van der Waals surface area contributed by atoms with Gasteiger partial charge in [0.15, 0.2) is 0 Å². The number of carbonyl (C=O) groups is 1. The molecule has 1 aromatic rings. The molecule has 0 N–H and O–H groups in total. The standard InChI is InChI=1S/C9H8N2O3/c1-6-3-8(11-14-6)4-7(5-10)9(12)13-2/h3-4H,1-2H3/b7-4+. The molecule has 0 aliphatic carbocycles. The number of rotatable bonds is 2. The molecule has 1 heterocycles. The SMILES string of the molecule is COC(=O)/C(C#N)=C/c1cc(C)on1. The first kappa shape index (κ1) is 9.99. The maximum Gasteiger partial charge on any atom is 0.348 e. The van der Waals surface area contributed by atoms with Crippen LogP contribution in [0.3, 0.4) is 0 Å². The van der Waals surface area contributed by atoms with Crippen molar-refractivity contribution in [3.8, 4) is 6.07 Å². The van der Waals surface area contributed by atoms with E-state index in [2.05, 4.69) is 9.89 Å². The van der Waals surface area contributed by atoms with Crippen molar-refractivity contribution >= 4 is 12.0 Å². The van der Waals surface area contributed by atoms with Gasteiger partial charge in [-0.3, -0.25) is 0 Å². The molecule has 0 amide bonds. The van der Waals surface area contributed by atoms with Gasteiger partial charge < -0.3 is 9.26 Å². The van der Waals surface area contributed by atoms with E-state index >= 15 is 0 Å². The Balaban J connectivity index is 2.96. The predicted octanol–water partition coefficient (Wildman–Crippen LogP) is 1.06. The highest BCUT2D eigenvalue weighted by Gasteiger charge is 2.09. The van der Waals surface area contributed by atoms with Crippen molar-refractivity contribution in [3.63, 3.8) is 0 Å². The summed E-state index contributed by atoms with van der Waals surface area (Å²) in [6, 6.07) is 3.33. The average Bonchev–Trinajstić information content (AvgIpc) is 2.59. The van der Waals surface area contributed by atoms with Crippen molar-refractivity contribution in [2.45, 2.75) is 6.92 Å². The van der Waals surface area contributed by atoms with Crippen LogP contribution in [-0.2, 0) is 9.53 Å². The van der Waals surface area contributed by atoms with Gasteiger partial charge >= 0.3 is 5.97 Å². The van der Waals surface area contributed by atoms with Crippen LogP contribution in [0.5, 0.6) is 0 Å². The third-order valence-corrected chi connectivity index (χ3v) is 1.46. The van der Waals surface area contributed by atoms with E-state index in [-0.39, 0.29) is 5.57 Å². The summed E-state index contributed by atoms with van der Waals surface area (Å²) in [5.74, 6) is -0.0773. The van der Waals surface area contributed by atoms with Crippen LogP contribution in [-0.4, -0.2) is 18.2 Å². The molecule has 1 rings (SSSR count). The number of esters is 1. The molecule has 5 nitrogen and oxygen atoms in total. The lowest BCUT2D eigenvalue weighted by Crippen LogP contribution is -2.02. The second kappa shape index (κ2) is 4.23. The highest BCUT2D eigenvalue weighted by Crippen LogP contribution is 2.07. The fourth-order valence-corrected chi connectivity index (χ4v) is 0.848. The summed E-state index contributed by atoms with van der Waals surface area (Å²) in [6.45, 7) is 1.72. The summed E-state index contributed by atoms with van der Waals surface area (Å²) < 4.78 is 9.16. The monoisotopic (exact) mass is 192 g/mol. The van der Waals surface area contributed by atoms with E-state index in [0.29, 0.717) is 11.5 Å². The molecule has 5 heteroatoms. The lowest BCUT2D eigenvalue weighted by Gasteiger charge is -1.93. The Bertz CT molecular complexity index is 412. The van der Waals surface area contributed by atoms with Gasteiger partial charge in [-0.15, -0.1) is 0 Å². The molecule has 0 fully saturated rings. The number of nitrogens with zero attached hydrogens (tertiary/aromatic N) is 2. The van der Waals surface area contributed by atoms with Crippen molar-refractivity contribution in [3.05, 3.63) is 23.1 Å². The molecular formula is C9H8N2O3. The largest absolute Gasteiger partial charge is 0.465 e. The molecule has 14 heavy (non-hydrogen) atoms. The predicted molar refractivity (Wildman–Crippen MR) is 46.8 cm³/mol. The second-order valence-electron chi connectivity index (χ2n) is 2.52. The van der Waals surface area contributed by atoms with Crippen LogP contribution in [0.1, 0.15) is 11.5 Å². The van der Waals surface area contributed by atoms with Crippen molar-refractivity contribution < 1.29 is 14.1 Å². The molecular weight excluding hydrogens is 184 g/mol. The fraction of sp³-hybridized carbons (Fsp3) is 0.222. The Morgan fingerprint density at radius 1 is 1.79 bits per heavy atom. The van der Waals surface area contributed by atoms with Crippen molar-refractivity contribution in [1.29, 1.82) is 5.26 Å². The number of aromatic nitrogens is 1. The first-order valence-electron chi connectivity index (χ1n) is 3.81. The van der Waals surface area contributed by atoms with Crippen LogP contribution in [0.2, 0.25) is 0 Å². The summed E-state index contributed by atoms with van der Waals surface area (Å²) >= 11 is 0. The Morgan fingerprint density at radius 3 is 2.93 bits per heavy atom. The smallest absolute Gasteiger partial charge is 0.348 e. The molecule has 0 aromatic carbocycles. The van der Waals surface area contributed by atoms with Crippen LogP contribution >= 0.6 is 0 Å². The van der Waals surface area contributed by atoms with Crippen LogP contribution in [0.25, 0.3) is 6.08 Å². The van der Waals surface area contributed by atoms with Crippen molar-refractivity contribution in [2.75, 3.05) is 7.11 Å². The zero-order valence-electron chi connectivity index (χ0n) is 7.77. The van der Waals surface area contributed by atoms with Gasteiger partial charge in [0.2, 0.25) is 0 Å². The number of methoxy groups -OCH3 is 1. The fourth-order valence-electron chi connectivity index (χ4n) is 0.848. The van der Waals surface area contributed by atoms with Gasteiger partial charge in [0.25, 0.3) is 0 Å². The van der Waals surface area contributed by atoms with E-state index in [1.807, 2.05) is 0 Å². The minimum atomic E-state index is -0.687. The van der Waals surface area contributed by atoms with Crippen molar-refractivity contribution in [1.82, 2.24) is 5.16 Å². The maximum absolute atomic E-state index is 11.0. The van der Waals surface area contributed by atoms with Gasteiger partial charge in [0, 0.05) is 6.07 Å². The van der Waals surface area contributed by atoms with Crippen LogP contribution in [0.4, 0.5) is 0 Å². The quantitative estimate of drug-likeness (QED) is 0.398. The third-order valence-electron chi connectivity index (χ3n) is 1.46. The van der Waals surface area contributed by atoms with Crippen molar-refractivity contribution in [2.24, 2.45) is 0 Å². The Kier molecular flexibility index (Phi) is 3.02.